The van der Waals surface area contributed by atoms with Gasteiger partial charge in [0.1, 0.15) is 5.75 Å². The number of hydrogen-bond acceptors (Lipinski definition) is 2. The van der Waals surface area contributed by atoms with Crippen LogP contribution in [0, 0.1) is 6.92 Å². The molecule has 0 N–H and O–H groups in total. The van der Waals surface area contributed by atoms with E-state index in [9.17, 15) is 0 Å². The van der Waals surface area contributed by atoms with Crippen molar-refractivity contribution in [2.45, 2.75) is 25.7 Å². The average molecular weight is 239 g/mol. The summed E-state index contributed by atoms with van der Waals surface area (Å²) < 4.78 is 5.80. The van der Waals surface area contributed by atoms with Crippen LogP contribution in [0.15, 0.2) is 42.6 Å². The minimum Gasteiger partial charge on any atom is -0.492 e. The topological polar surface area (TPSA) is 22.1 Å². The Morgan fingerprint density at radius 1 is 1.22 bits per heavy atom. The molecule has 1 atom stereocenters. The molecule has 3 rings (SSSR count). The fraction of sp³-hybridized carbons (Fsp3) is 0.312. The minimum absolute atomic E-state index is 0.0374. The predicted octanol–water partition coefficient (Wildman–Crippen LogP) is 3.28. The summed E-state index contributed by atoms with van der Waals surface area (Å²) in [5, 5.41) is 0. The van der Waals surface area contributed by atoms with Crippen LogP contribution >= 0.6 is 0 Å². The smallest absolute Gasteiger partial charge is 0.123 e. The zero-order valence-electron chi connectivity index (χ0n) is 10.8. The van der Waals surface area contributed by atoms with Crippen LogP contribution in [0.25, 0.3) is 0 Å². The number of pyridine rings is 1. The lowest BCUT2D eigenvalue weighted by atomic mass is 9.80. The fourth-order valence-electron chi connectivity index (χ4n) is 2.63. The molecule has 0 spiro atoms. The largest absolute Gasteiger partial charge is 0.492 e. The molecule has 0 amide bonds. The predicted molar refractivity (Wildman–Crippen MR) is 72.0 cm³/mol. The lowest BCUT2D eigenvalue weighted by molar-refractivity contribution is 0.275. The second kappa shape index (κ2) is 4.13. The van der Waals surface area contributed by atoms with Gasteiger partial charge < -0.3 is 4.74 Å². The molecule has 2 aromatic rings. The van der Waals surface area contributed by atoms with E-state index >= 15 is 0 Å². The maximum Gasteiger partial charge on any atom is 0.123 e. The van der Waals surface area contributed by atoms with E-state index in [1.807, 2.05) is 24.4 Å². The lowest BCUT2D eigenvalue weighted by Gasteiger charge is -2.23. The van der Waals surface area contributed by atoms with Crippen LogP contribution in [0.3, 0.4) is 0 Å². The SMILES string of the molecule is Cc1cccnc1C[C@]1(C)COc2ccccc21. The van der Waals surface area contributed by atoms with E-state index in [2.05, 4.69) is 37.0 Å². The Morgan fingerprint density at radius 3 is 2.89 bits per heavy atom. The van der Waals surface area contributed by atoms with E-state index in [-0.39, 0.29) is 5.41 Å². The van der Waals surface area contributed by atoms with Gasteiger partial charge in [0.2, 0.25) is 0 Å². The molecule has 18 heavy (non-hydrogen) atoms. The van der Waals surface area contributed by atoms with E-state index in [1.54, 1.807) is 0 Å². The number of rotatable bonds is 2. The highest BCUT2D eigenvalue weighted by atomic mass is 16.5. The number of fused-ring (bicyclic) bond motifs is 1. The van der Waals surface area contributed by atoms with E-state index in [1.165, 1.54) is 16.8 Å². The van der Waals surface area contributed by atoms with E-state index in [4.69, 9.17) is 4.74 Å². The fourth-order valence-corrected chi connectivity index (χ4v) is 2.63. The second-order valence-electron chi connectivity index (χ2n) is 5.29. The summed E-state index contributed by atoms with van der Waals surface area (Å²) in [5.41, 5.74) is 3.76. The van der Waals surface area contributed by atoms with Crippen LogP contribution in [-0.4, -0.2) is 11.6 Å². The van der Waals surface area contributed by atoms with E-state index in [0.717, 1.165) is 18.8 Å². The molecule has 0 bridgehead atoms. The van der Waals surface area contributed by atoms with Crippen molar-refractivity contribution < 1.29 is 4.74 Å². The summed E-state index contributed by atoms with van der Waals surface area (Å²) in [5.74, 6) is 1.02. The lowest BCUT2D eigenvalue weighted by Crippen LogP contribution is -2.27. The first-order chi connectivity index (χ1) is 8.69. The molecule has 0 aliphatic carbocycles. The van der Waals surface area contributed by atoms with Gasteiger partial charge in [0.25, 0.3) is 0 Å². The van der Waals surface area contributed by atoms with E-state index in [0.29, 0.717) is 0 Å². The van der Waals surface area contributed by atoms with Gasteiger partial charge in [-0.25, -0.2) is 0 Å². The highest BCUT2D eigenvalue weighted by Crippen LogP contribution is 2.40. The number of nitrogens with zero attached hydrogens (tertiary/aromatic N) is 1. The number of para-hydroxylation sites is 1. The van der Waals surface area contributed by atoms with Crippen LogP contribution < -0.4 is 4.74 Å². The normalized spacial score (nSPS) is 21.4. The summed E-state index contributed by atoms with van der Waals surface area (Å²) in [6, 6.07) is 12.4. The second-order valence-corrected chi connectivity index (χ2v) is 5.29. The molecule has 0 fully saturated rings. The Kier molecular flexibility index (Phi) is 2.58. The van der Waals surface area contributed by atoms with Crippen molar-refractivity contribution in [1.82, 2.24) is 4.98 Å². The molecule has 2 heterocycles. The highest BCUT2D eigenvalue weighted by molar-refractivity contribution is 5.44. The maximum atomic E-state index is 5.80. The number of hydrogen-bond donors (Lipinski definition) is 0. The minimum atomic E-state index is 0.0374. The molecule has 0 radical (unpaired) electrons. The first kappa shape index (κ1) is 11.3. The highest BCUT2D eigenvalue weighted by Gasteiger charge is 2.36. The number of aromatic nitrogens is 1. The van der Waals surface area contributed by atoms with Crippen LogP contribution in [0.5, 0.6) is 5.75 Å². The molecular formula is C16H17NO. The molecule has 1 aliphatic heterocycles. The van der Waals surface area contributed by atoms with Crippen molar-refractivity contribution in [3.8, 4) is 5.75 Å². The average Bonchev–Trinajstić information content (AvgIpc) is 2.71. The van der Waals surface area contributed by atoms with Crippen molar-refractivity contribution in [3.63, 3.8) is 0 Å². The zero-order valence-corrected chi connectivity index (χ0v) is 10.8. The van der Waals surface area contributed by atoms with Gasteiger partial charge in [-0.05, 0) is 24.6 Å². The van der Waals surface area contributed by atoms with Crippen molar-refractivity contribution in [3.05, 3.63) is 59.4 Å². The number of ether oxygens (including phenoxy) is 1. The molecule has 92 valence electrons. The quantitative estimate of drug-likeness (QED) is 0.802. The summed E-state index contributed by atoms with van der Waals surface area (Å²) in [4.78, 5) is 4.50. The monoisotopic (exact) mass is 239 g/mol. The van der Waals surface area contributed by atoms with Gasteiger partial charge in [-0.15, -0.1) is 0 Å². The first-order valence-electron chi connectivity index (χ1n) is 6.32. The van der Waals surface area contributed by atoms with Crippen molar-refractivity contribution in [2.24, 2.45) is 0 Å². The molecular weight excluding hydrogens is 222 g/mol. The van der Waals surface area contributed by atoms with Gasteiger partial charge in [0.05, 0.1) is 6.61 Å². The van der Waals surface area contributed by atoms with Crippen LogP contribution in [-0.2, 0) is 11.8 Å². The summed E-state index contributed by atoms with van der Waals surface area (Å²) >= 11 is 0. The molecule has 0 saturated heterocycles. The number of aryl methyl sites for hydroxylation is 1. The molecule has 1 aromatic carbocycles. The van der Waals surface area contributed by atoms with Crippen LogP contribution in [0.1, 0.15) is 23.7 Å². The van der Waals surface area contributed by atoms with Gasteiger partial charge >= 0.3 is 0 Å². The van der Waals surface area contributed by atoms with Crippen LogP contribution in [0.4, 0.5) is 0 Å². The Balaban J connectivity index is 1.96. The maximum absolute atomic E-state index is 5.80. The summed E-state index contributed by atoms with van der Waals surface area (Å²) in [6.45, 7) is 5.11. The van der Waals surface area contributed by atoms with Gasteiger partial charge in [-0.2, -0.15) is 0 Å². The van der Waals surface area contributed by atoms with Gasteiger partial charge in [0.15, 0.2) is 0 Å². The molecule has 1 aromatic heterocycles. The Hall–Kier alpha value is -1.83. The van der Waals surface area contributed by atoms with Crippen molar-refractivity contribution >= 4 is 0 Å². The van der Waals surface area contributed by atoms with E-state index < -0.39 is 0 Å². The standard InChI is InChI=1S/C16H17NO/c1-12-6-5-9-17-14(12)10-16(2)11-18-15-8-4-3-7-13(15)16/h3-9H,10-11H2,1-2H3/t16-/m1/s1. The first-order valence-corrected chi connectivity index (χ1v) is 6.32. The summed E-state index contributed by atoms with van der Waals surface area (Å²) in [7, 11) is 0. The van der Waals surface area contributed by atoms with Gasteiger partial charge in [-0.1, -0.05) is 31.2 Å². The molecule has 2 heteroatoms. The van der Waals surface area contributed by atoms with Crippen molar-refractivity contribution in [1.29, 1.82) is 0 Å². The third kappa shape index (κ3) is 1.78. The Bertz CT molecular complexity index is 579. The Morgan fingerprint density at radius 2 is 2.06 bits per heavy atom. The molecule has 0 saturated carbocycles. The third-order valence-corrected chi connectivity index (χ3v) is 3.76. The van der Waals surface area contributed by atoms with Crippen molar-refractivity contribution in [2.75, 3.05) is 6.61 Å². The Labute approximate surface area is 108 Å². The molecule has 1 aliphatic rings. The van der Waals surface area contributed by atoms with Gasteiger partial charge in [-0.3, -0.25) is 4.98 Å². The zero-order chi connectivity index (χ0) is 12.6. The summed E-state index contributed by atoms with van der Waals surface area (Å²) in [6.07, 6.45) is 2.80. The van der Waals surface area contributed by atoms with Gasteiger partial charge in [0, 0.05) is 29.3 Å². The molecule has 2 nitrogen and oxygen atoms in total. The number of benzene rings is 1. The van der Waals surface area contributed by atoms with Crippen LogP contribution in [0.2, 0.25) is 0 Å². The molecule has 0 unspecified atom stereocenters. The third-order valence-electron chi connectivity index (χ3n) is 3.76.